The van der Waals surface area contributed by atoms with E-state index in [9.17, 15) is 15.0 Å². The Kier molecular flexibility index (Phi) is 18.4. The number of rotatable bonds is 28. The first-order valence-electron chi connectivity index (χ1n) is 24.9. The van der Waals surface area contributed by atoms with Gasteiger partial charge in [0.25, 0.3) is 0 Å². The van der Waals surface area contributed by atoms with Gasteiger partial charge in [-0.3, -0.25) is 9.59 Å². The quantitative estimate of drug-likeness (QED) is 0.0312. The van der Waals surface area contributed by atoms with Crippen LogP contribution < -0.4 is 18.9 Å². The first kappa shape index (κ1) is 49.7. The third kappa shape index (κ3) is 11.9. The van der Waals surface area contributed by atoms with Crippen molar-refractivity contribution in [1.29, 1.82) is 0 Å². The number of aliphatic hydroxyl groups is 2. The molecule has 0 bridgehead atoms. The highest BCUT2D eigenvalue weighted by molar-refractivity contribution is 6.03. The van der Waals surface area contributed by atoms with Gasteiger partial charge in [-0.1, -0.05) is 107 Å². The summed E-state index contributed by atoms with van der Waals surface area (Å²) in [6.07, 6.45) is 20.4. The Morgan fingerprint density at radius 3 is 2.34 bits per heavy atom. The van der Waals surface area contributed by atoms with E-state index in [1.165, 1.54) is 38.5 Å². The molecule has 0 spiro atoms. The van der Waals surface area contributed by atoms with Crippen LogP contribution in [0.1, 0.15) is 143 Å². The largest absolute Gasteiger partial charge is 0.459 e. The van der Waals surface area contributed by atoms with Gasteiger partial charge < -0.3 is 43.6 Å². The lowest BCUT2D eigenvalue weighted by Gasteiger charge is -2.60. The SMILES string of the molecule is C=CCOC12Oc3ccc(Oc4cccc(C=O)c4)cc3C3C(CCCCO)C(CCCCO)C=C(C(=NOC)CC1N(Cc1ccc4c(c1)OCO4)C(=O)CCCCCCCCCCC)C32. The zero-order valence-electron chi connectivity index (χ0n) is 39.7. The summed E-state index contributed by atoms with van der Waals surface area (Å²) in [4.78, 5) is 34.6. The first-order valence-corrected chi connectivity index (χ1v) is 24.9. The molecule has 1 saturated carbocycles. The number of nitrogens with zero attached hydrogens (tertiary/aromatic N) is 2. The molecule has 7 rings (SSSR count). The fourth-order valence-electron chi connectivity index (χ4n) is 10.9. The van der Waals surface area contributed by atoms with Gasteiger partial charge in [-0.15, -0.1) is 6.58 Å². The smallest absolute Gasteiger partial charge is 0.239 e. The number of fused-ring (bicyclic) bond motifs is 3. The van der Waals surface area contributed by atoms with Gasteiger partial charge in [-0.25, -0.2) is 0 Å². The van der Waals surface area contributed by atoms with E-state index < -0.39 is 17.7 Å². The maximum atomic E-state index is 15.2. The second kappa shape index (κ2) is 24.7. The molecule has 0 aromatic heterocycles. The number of aliphatic hydroxyl groups excluding tert-OH is 2. The molecule has 6 unspecified atom stereocenters. The monoisotopic (exact) mass is 921 g/mol. The number of benzene rings is 3. The van der Waals surface area contributed by atoms with Crippen molar-refractivity contribution in [2.24, 2.45) is 22.9 Å². The van der Waals surface area contributed by atoms with Crippen molar-refractivity contribution in [2.45, 2.75) is 140 Å². The molecule has 3 aromatic carbocycles. The number of amides is 1. The van der Waals surface area contributed by atoms with Crippen LogP contribution in [-0.2, 0) is 20.9 Å². The number of unbranched alkanes of at least 4 members (excludes halogenated alkanes) is 10. The molecule has 0 radical (unpaired) electrons. The van der Waals surface area contributed by atoms with Crippen molar-refractivity contribution >= 4 is 17.9 Å². The third-order valence-corrected chi connectivity index (χ3v) is 14.1. The Morgan fingerprint density at radius 2 is 1.60 bits per heavy atom. The number of hydrogen-bond acceptors (Lipinski definition) is 11. The number of allylic oxidation sites excluding steroid dienone is 1. The van der Waals surface area contributed by atoms with E-state index in [1.807, 2.05) is 47.4 Å². The number of hydrogen-bond donors (Lipinski definition) is 2. The van der Waals surface area contributed by atoms with Gasteiger partial charge in [0.1, 0.15) is 36.7 Å². The predicted molar refractivity (Wildman–Crippen MR) is 259 cm³/mol. The Hall–Kier alpha value is -5.17. The zero-order valence-corrected chi connectivity index (χ0v) is 39.7. The molecular weight excluding hydrogens is 849 g/mol. The van der Waals surface area contributed by atoms with Gasteiger partial charge in [0.15, 0.2) is 11.5 Å². The highest BCUT2D eigenvalue weighted by Gasteiger charge is 2.65. The lowest BCUT2D eigenvalue weighted by molar-refractivity contribution is -0.258. The molecule has 12 heteroatoms. The van der Waals surface area contributed by atoms with E-state index in [-0.39, 0.29) is 56.8 Å². The molecule has 4 aliphatic rings. The fraction of sp³-hybridized carbons (Fsp3) is 0.545. The van der Waals surface area contributed by atoms with Gasteiger partial charge in [0.05, 0.1) is 18.2 Å². The molecular formula is C55H72N2O10. The Balaban J connectivity index is 1.35. The van der Waals surface area contributed by atoms with E-state index in [1.54, 1.807) is 31.4 Å². The second-order valence-electron chi connectivity index (χ2n) is 18.5. The van der Waals surface area contributed by atoms with Gasteiger partial charge in [0.2, 0.25) is 18.5 Å². The van der Waals surface area contributed by atoms with E-state index in [4.69, 9.17) is 33.7 Å². The van der Waals surface area contributed by atoms with Gasteiger partial charge in [0, 0.05) is 49.6 Å². The van der Waals surface area contributed by atoms with E-state index >= 15 is 4.79 Å². The van der Waals surface area contributed by atoms with Crippen molar-refractivity contribution in [3.8, 4) is 28.7 Å². The Labute approximate surface area is 397 Å². The van der Waals surface area contributed by atoms with Crippen LogP contribution in [-0.4, -0.2) is 78.6 Å². The van der Waals surface area contributed by atoms with Crippen LogP contribution in [0.25, 0.3) is 0 Å². The number of carbonyl (C=O) groups excluding carboxylic acids is 2. The standard InChI is InChI=1S/C55H72N2O10/c1-4-6-7-8-9-10-11-12-13-23-52(61)57(36-39-24-26-49-50(32-39)64-38-63-49)51-35-47(56-62-3)45-33-41(20-14-16-28-58)44(22-15-17-29-59)53-46-34-43(66-42-21-18-19-40(31-42)37-60)25-27-48(46)67-55(51,54(45)53)65-30-5-2/h5,18-19,21,24-27,31-34,37,41,44,51,53-54,58-59H,2,4,6-17,20,22-23,28-30,35-36,38H2,1,3H3. The van der Waals surface area contributed by atoms with Crippen LogP contribution in [0.4, 0.5) is 0 Å². The number of carbonyl (C=O) groups is 2. The summed E-state index contributed by atoms with van der Waals surface area (Å²) in [5.74, 6) is 1.10. The van der Waals surface area contributed by atoms with Crippen LogP contribution in [0.5, 0.6) is 28.7 Å². The molecule has 2 aliphatic heterocycles. The normalized spacial score (nSPS) is 22.8. The fourth-order valence-corrected chi connectivity index (χ4v) is 10.9. The molecule has 0 saturated heterocycles. The molecule has 12 nitrogen and oxygen atoms in total. The average molecular weight is 921 g/mol. The van der Waals surface area contributed by atoms with Crippen LogP contribution in [0, 0.1) is 17.8 Å². The van der Waals surface area contributed by atoms with Crippen molar-refractivity contribution in [3.63, 3.8) is 0 Å². The predicted octanol–water partition coefficient (Wildman–Crippen LogP) is 11.2. The van der Waals surface area contributed by atoms with Crippen molar-refractivity contribution in [2.75, 3.05) is 33.7 Å². The van der Waals surface area contributed by atoms with Gasteiger partial charge >= 0.3 is 0 Å². The molecule has 1 amide bonds. The maximum absolute atomic E-state index is 15.2. The minimum absolute atomic E-state index is 0.000761. The Morgan fingerprint density at radius 1 is 0.866 bits per heavy atom. The van der Waals surface area contributed by atoms with E-state index in [0.29, 0.717) is 60.0 Å². The summed E-state index contributed by atoms with van der Waals surface area (Å²) in [7, 11) is 1.56. The summed E-state index contributed by atoms with van der Waals surface area (Å²) in [5, 5.41) is 24.7. The maximum Gasteiger partial charge on any atom is 0.239 e. The van der Waals surface area contributed by atoms with Crippen molar-refractivity contribution in [3.05, 3.63) is 102 Å². The Bertz CT molecular complexity index is 2170. The number of aldehydes is 1. The molecule has 1 fully saturated rings. The van der Waals surface area contributed by atoms with Crippen LogP contribution in [0.3, 0.4) is 0 Å². The molecule has 67 heavy (non-hydrogen) atoms. The molecule has 6 atom stereocenters. The lowest BCUT2D eigenvalue weighted by atomic mass is 9.55. The molecule has 362 valence electrons. The van der Waals surface area contributed by atoms with E-state index in [2.05, 4.69) is 19.6 Å². The summed E-state index contributed by atoms with van der Waals surface area (Å²) >= 11 is 0. The second-order valence-corrected chi connectivity index (χ2v) is 18.5. The summed E-state index contributed by atoms with van der Waals surface area (Å²) in [6.45, 7) is 7.08. The van der Waals surface area contributed by atoms with Crippen LogP contribution in [0.2, 0.25) is 0 Å². The third-order valence-electron chi connectivity index (χ3n) is 14.1. The van der Waals surface area contributed by atoms with Crippen LogP contribution in [0.15, 0.2) is 90.1 Å². The lowest BCUT2D eigenvalue weighted by Crippen LogP contribution is -2.70. The van der Waals surface area contributed by atoms with Gasteiger partial charge in [-0.2, -0.15) is 0 Å². The zero-order chi connectivity index (χ0) is 47.0. The molecule has 2 aliphatic carbocycles. The minimum atomic E-state index is -1.40. The number of ether oxygens (including phenoxy) is 5. The minimum Gasteiger partial charge on any atom is -0.459 e. The highest BCUT2D eigenvalue weighted by Crippen LogP contribution is 2.62. The highest BCUT2D eigenvalue weighted by atomic mass is 16.7. The average Bonchev–Trinajstić information content (AvgIpc) is 3.82. The van der Waals surface area contributed by atoms with Gasteiger partial charge in [-0.05, 0) is 97.5 Å². The summed E-state index contributed by atoms with van der Waals surface area (Å²) in [5.41, 5.74) is 4.04. The molecule has 2 heterocycles. The summed E-state index contributed by atoms with van der Waals surface area (Å²) < 4.78 is 32.7. The number of oxime groups is 1. The van der Waals surface area contributed by atoms with Crippen LogP contribution >= 0.6 is 0 Å². The summed E-state index contributed by atoms with van der Waals surface area (Å²) in [6, 6.07) is 18.1. The van der Waals surface area contributed by atoms with Crippen molar-refractivity contribution < 1.29 is 48.3 Å². The first-order chi connectivity index (χ1) is 32.9. The molecule has 2 N–H and O–H groups in total. The topological polar surface area (TPSA) is 146 Å². The van der Waals surface area contributed by atoms with E-state index in [0.717, 1.165) is 73.6 Å². The van der Waals surface area contributed by atoms with Crippen molar-refractivity contribution in [1.82, 2.24) is 4.90 Å². The molecule has 3 aromatic rings.